The third-order valence-corrected chi connectivity index (χ3v) is 0.931. The summed E-state index contributed by atoms with van der Waals surface area (Å²) in [7, 11) is 0. The van der Waals surface area contributed by atoms with E-state index in [0.717, 1.165) is 0 Å². The second-order valence-electron chi connectivity index (χ2n) is 1.57. The first kappa shape index (κ1) is 6.51. The fraction of sp³-hybridized carbons (Fsp3) is 0.200. The molecule has 0 saturated carbocycles. The van der Waals surface area contributed by atoms with Crippen LogP contribution < -0.4 is 0 Å². The van der Waals surface area contributed by atoms with E-state index < -0.39 is 0 Å². The maximum absolute atomic E-state index is 9.74. The van der Waals surface area contributed by atoms with Gasteiger partial charge >= 0.3 is 0 Å². The number of aryl methyl sites for hydroxylation is 1. The van der Waals surface area contributed by atoms with Crippen LogP contribution in [0.4, 0.5) is 5.82 Å². The minimum atomic E-state index is 0.220. The zero-order valence-electron chi connectivity index (χ0n) is 5.27. The molecule has 5 nitrogen and oxygen atoms in total. The van der Waals surface area contributed by atoms with Gasteiger partial charge in [0.2, 0.25) is 11.9 Å². The van der Waals surface area contributed by atoms with E-state index in [9.17, 15) is 4.79 Å². The predicted molar refractivity (Wildman–Crippen MR) is 32.3 cm³/mol. The Labute approximate surface area is 56.8 Å². The first-order valence-electron chi connectivity index (χ1n) is 2.56. The smallest absolute Gasteiger partial charge is 0.236 e. The Morgan fingerprint density at radius 1 is 1.70 bits per heavy atom. The van der Waals surface area contributed by atoms with Gasteiger partial charge in [-0.15, -0.1) is 15.2 Å². The number of carbonyl (C=O) groups excluding carboxylic acids is 1. The molecule has 5 heteroatoms. The molecule has 1 heterocycles. The SMILES string of the molecule is Cc1ncnnc1N=C=O. The zero-order valence-corrected chi connectivity index (χ0v) is 5.27. The monoisotopic (exact) mass is 136 g/mol. The molecule has 0 aromatic carbocycles. The van der Waals surface area contributed by atoms with E-state index in [2.05, 4.69) is 20.2 Å². The quantitative estimate of drug-likeness (QED) is 0.407. The molecule has 0 radical (unpaired) electrons. The van der Waals surface area contributed by atoms with Crippen LogP contribution in [0.5, 0.6) is 0 Å². The number of isocyanates is 1. The summed E-state index contributed by atoms with van der Waals surface area (Å²) >= 11 is 0. The molecule has 0 spiro atoms. The summed E-state index contributed by atoms with van der Waals surface area (Å²) in [6.07, 6.45) is 2.65. The van der Waals surface area contributed by atoms with Crippen molar-refractivity contribution in [3.8, 4) is 0 Å². The maximum atomic E-state index is 9.74. The second-order valence-corrected chi connectivity index (χ2v) is 1.57. The van der Waals surface area contributed by atoms with E-state index in [1.165, 1.54) is 12.4 Å². The van der Waals surface area contributed by atoms with Crippen LogP contribution in [-0.4, -0.2) is 21.3 Å². The van der Waals surface area contributed by atoms with Gasteiger partial charge < -0.3 is 0 Å². The molecule has 0 aliphatic rings. The van der Waals surface area contributed by atoms with Crippen molar-refractivity contribution in [2.45, 2.75) is 6.92 Å². The van der Waals surface area contributed by atoms with E-state index in [0.29, 0.717) is 5.69 Å². The van der Waals surface area contributed by atoms with Crippen LogP contribution in [0.1, 0.15) is 5.69 Å². The van der Waals surface area contributed by atoms with Crippen LogP contribution in [0, 0.1) is 6.92 Å². The maximum Gasteiger partial charge on any atom is 0.242 e. The van der Waals surface area contributed by atoms with Crippen molar-refractivity contribution < 1.29 is 4.79 Å². The third-order valence-electron chi connectivity index (χ3n) is 0.931. The summed E-state index contributed by atoms with van der Waals surface area (Å²) in [4.78, 5) is 16.8. The first-order chi connectivity index (χ1) is 4.84. The van der Waals surface area contributed by atoms with Gasteiger partial charge in [-0.25, -0.2) is 9.78 Å². The van der Waals surface area contributed by atoms with Gasteiger partial charge in [0, 0.05) is 0 Å². The molecule has 0 saturated heterocycles. The second kappa shape index (κ2) is 2.80. The van der Waals surface area contributed by atoms with Crippen LogP contribution in [0.25, 0.3) is 0 Å². The lowest BCUT2D eigenvalue weighted by Crippen LogP contribution is -1.87. The first-order valence-corrected chi connectivity index (χ1v) is 2.56. The number of hydrogen-bond donors (Lipinski definition) is 0. The van der Waals surface area contributed by atoms with Crippen molar-refractivity contribution >= 4 is 11.9 Å². The van der Waals surface area contributed by atoms with Gasteiger partial charge in [-0.3, -0.25) is 0 Å². The molecule has 0 fully saturated rings. The van der Waals surface area contributed by atoms with Gasteiger partial charge in [-0.1, -0.05) is 0 Å². The lowest BCUT2D eigenvalue weighted by molar-refractivity contribution is 0.565. The van der Waals surface area contributed by atoms with Crippen LogP contribution >= 0.6 is 0 Å². The Morgan fingerprint density at radius 3 is 3.10 bits per heavy atom. The molecule has 0 N–H and O–H groups in total. The summed E-state index contributed by atoms with van der Waals surface area (Å²) < 4.78 is 0. The van der Waals surface area contributed by atoms with Gasteiger partial charge in [0.1, 0.15) is 6.33 Å². The Morgan fingerprint density at radius 2 is 2.50 bits per heavy atom. The van der Waals surface area contributed by atoms with Crippen molar-refractivity contribution in [3.05, 3.63) is 12.0 Å². The van der Waals surface area contributed by atoms with Crippen molar-refractivity contribution in [2.24, 2.45) is 4.99 Å². The minimum absolute atomic E-state index is 0.220. The molecule has 1 aromatic heterocycles. The van der Waals surface area contributed by atoms with Crippen molar-refractivity contribution in [1.82, 2.24) is 15.2 Å². The highest BCUT2D eigenvalue weighted by Crippen LogP contribution is 2.06. The van der Waals surface area contributed by atoms with Crippen LogP contribution in [0.2, 0.25) is 0 Å². The van der Waals surface area contributed by atoms with Crippen molar-refractivity contribution in [1.29, 1.82) is 0 Å². The topological polar surface area (TPSA) is 68.1 Å². The molecular formula is C5H4N4O. The summed E-state index contributed by atoms with van der Waals surface area (Å²) in [5.41, 5.74) is 0.568. The molecule has 0 unspecified atom stereocenters. The average Bonchev–Trinajstić information content (AvgIpc) is 1.94. The summed E-state index contributed by atoms with van der Waals surface area (Å²) in [5.74, 6) is 0.220. The Balaban J connectivity index is 3.14. The molecular weight excluding hydrogens is 132 g/mol. The average molecular weight is 136 g/mol. The fourth-order valence-electron chi connectivity index (χ4n) is 0.470. The van der Waals surface area contributed by atoms with E-state index in [1.54, 1.807) is 6.92 Å². The van der Waals surface area contributed by atoms with Crippen LogP contribution in [0.15, 0.2) is 11.3 Å². The zero-order chi connectivity index (χ0) is 7.40. The highest BCUT2D eigenvalue weighted by Gasteiger charge is 1.95. The third kappa shape index (κ3) is 1.21. The van der Waals surface area contributed by atoms with Crippen LogP contribution in [0.3, 0.4) is 0 Å². The molecule has 0 aliphatic heterocycles. The Kier molecular flexibility index (Phi) is 1.82. The molecule has 0 bridgehead atoms. The normalized spacial score (nSPS) is 8.50. The van der Waals surface area contributed by atoms with Gasteiger partial charge in [0.15, 0.2) is 0 Å². The lowest BCUT2D eigenvalue weighted by atomic mass is 10.5. The molecule has 0 amide bonds. The molecule has 1 aromatic rings. The number of aromatic nitrogens is 3. The Hall–Kier alpha value is -1.61. The van der Waals surface area contributed by atoms with Crippen LogP contribution in [-0.2, 0) is 4.79 Å². The molecule has 1 rings (SSSR count). The summed E-state index contributed by atoms with van der Waals surface area (Å²) in [6, 6.07) is 0. The van der Waals surface area contributed by atoms with E-state index >= 15 is 0 Å². The van der Waals surface area contributed by atoms with Crippen molar-refractivity contribution in [2.75, 3.05) is 0 Å². The fourth-order valence-corrected chi connectivity index (χ4v) is 0.470. The predicted octanol–water partition coefficient (Wildman–Crippen LogP) is 0.147. The Bertz CT molecular complexity index is 279. The van der Waals surface area contributed by atoms with E-state index in [1.807, 2.05) is 0 Å². The molecule has 50 valence electrons. The minimum Gasteiger partial charge on any atom is -0.236 e. The van der Waals surface area contributed by atoms with Crippen molar-refractivity contribution in [3.63, 3.8) is 0 Å². The largest absolute Gasteiger partial charge is 0.242 e. The highest BCUT2D eigenvalue weighted by molar-refractivity contribution is 5.45. The number of aliphatic imine (C=N–C) groups is 1. The van der Waals surface area contributed by atoms with Gasteiger partial charge in [-0.05, 0) is 6.92 Å². The number of nitrogens with zero attached hydrogens (tertiary/aromatic N) is 4. The van der Waals surface area contributed by atoms with E-state index in [-0.39, 0.29) is 5.82 Å². The number of hydrogen-bond acceptors (Lipinski definition) is 5. The number of rotatable bonds is 1. The molecule has 0 atom stereocenters. The highest BCUT2D eigenvalue weighted by atomic mass is 16.1. The van der Waals surface area contributed by atoms with Gasteiger partial charge in [-0.2, -0.15) is 0 Å². The molecule has 0 aliphatic carbocycles. The standard InChI is InChI=1S/C5H4N4O/c1-4-5(7-3-10)9-8-2-6-4/h2H,1H3. The summed E-state index contributed by atoms with van der Waals surface area (Å²) in [5, 5.41) is 6.96. The summed E-state index contributed by atoms with van der Waals surface area (Å²) in [6.45, 7) is 1.69. The molecule has 10 heavy (non-hydrogen) atoms. The van der Waals surface area contributed by atoms with E-state index in [4.69, 9.17) is 0 Å². The van der Waals surface area contributed by atoms with Gasteiger partial charge in [0.05, 0.1) is 5.69 Å². The lowest BCUT2D eigenvalue weighted by Gasteiger charge is -1.89. The van der Waals surface area contributed by atoms with Gasteiger partial charge in [0.25, 0.3) is 0 Å².